The molecule has 1 aliphatic heterocycles. The van der Waals surface area contributed by atoms with Crippen LogP contribution in [0.15, 0.2) is 54.6 Å². The first-order chi connectivity index (χ1) is 15.5. The van der Waals surface area contributed by atoms with Gasteiger partial charge in [-0.15, -0.1) is 0 Å². The van der Waals surface area contributed by atoms with Crippen LogP contribution in [0.2, 0.25) is 0 Å². The van der Waals surface area contributed by atoms with E-state index in [2.05, 4.69) is 34.3 Å². The van der Waals surface area contributed by atoms with E-state index in [9.17, 15) is 4.79 Å². The number of nitrogens with zero attached hydrogens (tertiary/aromatic N) is 4. The van der Waals surface area contributed by atoms with E-state index in [0.29, 0.717) is 38.5 Å². The van der Waals surface area contributed by atoms with E-state index in [1.54, 1.807) is 7.11 Å². The second-order valence-electron chi connectivity index (χ2n) is 8.04. The van der Waals surface area contributed by atoms with Crippen LogP contribution in [0.3, 0.4) is 0 Å². The maximum absolute atomic E-state index is 12.8. The third kappa shape index (κ3) is 5.17. The molecule has 0 atom stereocenters. The third-order valence-corrected chi connectivity index (χ3v) is 5.62. The lowest BCUT2D eigenvalue weighted by Gasteiger charge is -2.35. The van der Waals surface area contributed by atoms with Gasteiger partial charge in [0.15, 0.2) is 0 Å². The van der Waals surface area contributed by atoms with Crippen molar-refractivity contribution in [2.24, 2.45) is 0 Å². The van der Waals surface area contributed by atoms with Gasteiger partial charge in [-0.05, 0) is 32.0 Å². The summed E-state index contributed by atoms with van der Waals surface area (Å²) in [6.45, 7) is 6.73. The largest absolute Gasteiger partial charge is 0.496 e. The van der Waals surface area contributed by atoms with E-state index in [0.717, 1.165) is 28.5 Å². The molecule has 1 aliphatic rings. The minimum atomic E-state index is 0.112. The number of piperazine rings is 1. The van der Waals surface area contributed by atoms with Gasteiger partial charge in [0.25, 0.3) is 0 Å². The van der Waals surface area contributed by atoms with Crippen molar-refractivity contribution in [3.05, 3.63) is 71.4 Å². The average molecular weight is 432 g/mol. The fourth-order valence-electron chi connectivity index (χ4n) is 3.82. The maximum atomic E-state index is 12.8. The number of ether oxygens (including phenoxy) is 1. The highest BCUT2D eigenvalue weighted by molar-refractivity contribution is 5.79. The number of para-hydroxylation sites is 1. The molecule has 32 heavy (non-hydrogen) atoms. The van der Waals surface area contributed by atoms with Crippen molar-refractivity contribution in [1.29, 1.82) is 0 Å². The summed E-state index contributed by atoms with van der Waals surface area (Å²) in [7, 11) is 1.63. The topological polar surface area (TPSA) is 70.6 Å². The minimum absolute atomic E-state index is 0.112. The summed E-state index contributed by atoms with van der Waals surface area (Å²) >= 11 is 0. The molecule has 3 aromatic rings. The molecule has 0 spiro atoms. The molecule has 1 amide bonds. The molecule has 0 aliphatic carbocycles. The molecule has 1 N–H and O–H groups in total. The second-order valence-corrected chi connectivity index (χ2v) is 8.04. The molecule has 7 heteroatoms. The van der Waals surface area contributed by atoms with Gasteiger partial charge in [0.1, 0.15) is 11.6 Å². The summed E-state index contributed by atoms with van der Waals surface area (Å²) in [6.07, 6.45) is 0.343. The zero-order chi connectivity index (χ0) is 22.5. The van der Waals surface area contributed by atoms with Gasteiger partial charge in [0.2, 0.25) is 11.9 Å². The molecule has 0 bridgehead atoms. The van der Waals surface area contributed by atoms with Crippen LogP contribution in [0.25, 0.3) is 0 Å². The maximum Gasteiger partial charge on any atom is 0.227 e. The van der Waals surface area contributed by atoms with Gasteiger partial charge in [-0.25, -0.2) is 4.98 Å². The van der Waals surface area contributed by atoms with E-state index in [1.807, 2.05) is 54.3 Å². The number of carbonyl (C=O) groups excluding carboxylic acids is 1. The highest BCUT2D eigenvalue weighted by atomic mass is 16.5. The lowest BCUT2D eigenvalue weighted by atomic mass is 10.1. The Balaban J connectivity index is 1.39. The van der Waals surface area contributed by atoms with Crippen LogP contribution in [-0.2, 0) is 11.2 Å². The summed E-state index contributed by atoms with van der Waals surface area (Å²) < 4.78 is 5.38. The van der Waals surface area contributed by atoms with Crippen LogP contribution in [-0.4, -0.2) is 54.1 Å². The molecule has 1 aromatic heterocycles. The highest BCUT2D eigenvalue weighted by Crippen LogP contribution is 2.21. The highest BCUT2D eigenvalue weighted by Gasteiger charge is 2.23. The predicted octanol–water partition coefficient (Wildman–Crippen LogP) is 3.74. The van der Waals surface area contributed by atoms with Crippen LogP contribution in [0.4, 0.5) is 17.5 Å². The molecule has 166 valence electrons. The number of amides is 1. The Kier molecular flexibility index (Phi) is 6.54. The summed E-state index contributed by atoms with van der Waals surface area (Å²) in [5.74, 6) is 2.32. The lowest BCUT2D eigenvalue weighted by Crippen LogP contribution is -2.49. The van der Waals surface area contributed by atoms with Crippen molar-refractivity contribution < 1.29 is 9.53 Å². The Morgan fingerprint density at radius 1 is 1.00 bits per heavy atom. The number of aromatic nitrogens is 2. The van der Waals surface area contributed by atoms with Gasteiger partial charge in [-0.2, -0.15) is 4.98 Å². The minimum Gasteiger partial charge on any atom is -0.496 e. The number of nitrogens with one attached hydrogen (secondary N) is 1. The van der Waals surface area contributed by atoms with Crippen LogP contribution in [0.5, 0.6) is 5.75 Å². The third-order valence-electron chi connectivity index (χ3n) is 5.62. The van der Waals surface area contributed by atoms with E-state index < -0.39 is 0 Å². The summed E-state index contributed by atoms with van der Waals surface area (Å²) in [6, 6.07) is 17.8. The number of hydrogen-bond acceptors (Lipinski definition) is 6. The molecule has 4 rings (SSSR count). The standard InChI is InChI=1S/C25H29N5O2/c1-18-8-10-21(11-9-18)27-23-16-19(2)26-25(28-23)30-14-12-29(13-15-30)24(31)17-20-6-4-5-7-22(20)32-3/h4-11,16H,12-15,17H2,1-3H3,(H,26,27,28). The van der Waals surface area contributed by atoms with Crippen molar-refractivity contribution in [2.45, 2.75) is 20.3 Å². The summed E-state index contributed by atoms with van der Waals surface area (Å²) in [5.41, 5.74) is 4.02. The van der Waals surface area contributed by atoms with Crippen LogP contribution < -0.4 is 15.0 Å². The van der Waals surface area contributed by atoms with Crippen molar-refractivity contribution in [3.8, 4) is 5.75 Å². The van der Waals surface area contributed by atoms with Crippen molar-refractivity contribution >= 4 is 23.4 Å². The molecule has 2 heterocycles. The van der Waals surface area contributed by atoms with Crippen molar-refractivity contribution in [1.82, 2.24) is 14.9 Å². The molecule has 1 saturated heterocycles. The van der Waals surface area contributed by atoms with E-state index in [1.165, 1.54) is 5.56 Å². The van der Waals surface area contributed by atoms with Gasteiger partial charge in [-0.3, -0.25) is 4.79 Å². The Hall–Kier alpha value is -3.61. The molecular weight excluding hydrogens is 402 g/mol. The Morgan fingerprint density at radius 2 is 1.72 bits per heavy atom. The van der Waals surface area contributed by atoms with Gasteiger partial charge in [-0.1, -0.05) is 35.9 Å². The van der Waals surface area contributed by atoms with Gasteiger partial charge in [0.05, 0.1) is 13.5 Å². The smallest absolute Gasteiger partial charge is 0.227 e. The number of aryl methyl sites for hydroxylation is 2. The van der Waals surface area contributed by atoms with Crippen LogP contribution in [0.1, 0.15) is 16.8 Å². The molecule has 1 fully saturated rings. The normalized spacial score (nSPS) is 13.7. The molecule has 0 radical (unpaired) electrons. The number of carbonyl (C=O) groups is 1. The molecule has 7 nitrogen and oxygen atoms in total. The molecule has 0 saturated carbocycles. The summed E-state index contributed by atoms with van der Waals surface area (Å²) in [4.78, 5) is 26.2. The monoisotopic (exact) mass is 431 g/mol. The number of benzene rings is 2. The number of methoxy groups -OCH3 is 1. The summed E-state index contributed by atoms with van der Waals surface area (Å²) in [5, 5.41) is 3.36. The van der Waals surface area contributed by atoms with E-state index in [-0.39, 0.29) is 5.91 Å². The quantitative estimate of drug-likeness (QED) is 0.641. The lowest BCUT2D eigenvalue weighted by molar-refractivity contribution is -0.130. The average Bonchev–Trinajstić information content (AvgIpc) is 2.80. The van der Waals surface area contributed by atoms with E-state index >= 15 is 0 Å². The SMILES string of the molecule is COc1ccccc1CC(=O)N1CCN(c2nc(C)cc(Nc3ccc(C)cc3)n2)CC1. The second kappa shape index (κ2) is 9.68. The van der Waals surface area contributed by atoms with Crippen molar-refractivity contribution in [3.63, 3.8) is 0 Å². The first-order valence-electron chi connectivity index (χ1n) is 10.9. The number of rotatable bonds is 6. The fourth-order valence-corrected chi connectivity index (χ4v) is 3.82. The fraction of sp³-hybridized carbons (Fsp3) is 0.320. The van der Waals surface area contributed by atoms with Crippen LogP contribution in [0, 0.1) is 13.8 Å². The number of hydrogen-bond donors (Lipinski definition) is 1. The van der Waals surface area contributed by atoms with Gasteiger partial charge >= 0.3 is 0 Å². The first-order valence-corrected chi connectivity index (χ1v) is 10.9. The predicted molar refractivity (Wildman–Crippen MR) is 127 cm³/mol. The molecule has 0 unspecified atom stereocenters. The Morgan fingerprint density at radius 3 is 2.44 bits per heavy atom. The number of anilines is 3. The first kappa shape index (κ1) is 21.6. The van der Waals surface area contributed by atoms with E-state index in [4.69, 9.17) is 9.72 Å². The van der Waals surface area contributed by atoms with Crippen molar-refractivity contribution in [2.75, 3.05) is 43.5 Å². The zero-order valence-electron chi connectivity index (χ0n) is 18.8. The van der Waals surface area contributed by atoms with Gasteiger partial charge in [0, 0.05) is 49.2 Å². The Bertz CT molecular complexity index is 1080. The molecule has 2 aromatic carbocycles. The Labute approximate surface area is 189 Å². The van der Waals surface area contributed by atoms with Gasteiger partial charge < -0.3 is 19.9 Å². The molecular formula is C25H29N5O2. The zero-order valence-corrected chi connectivity index (χ0v) is 18.8. The van der Waals surface area contributed by atoms with Crippen LogP contribution >= 0.6 is 0 Å².